The number of amides is 2. The van der Waals surface area contributed by atoms with E-state index in [1.165, 1.54) is 0 Å². The summed E-state index contributed by atoms with van der Waals surface area (Å²) in [5.41, 5.74) is -0.490. The number of carbonyl (C=O) groups excluding carboxylic acids is 2. The summed E-state index contributed by atoms with van der Waals surface area (Å²) in [7, 11) is 0. The minimum absolute atomic E-state index is 0.0123. The summed E-state index contributed by atoms with van der Waals surface area (Å²) in [6.07, 6.45) is 4.27. The molecule has 2 atom stereocenters. The Morgan fingerprint density at radius 1 is 1.44 bits per heavy atom. The van der Waals surface area contributed by atoms with Crippen LogP contribution < -0.4 is 5.32 Å². The highest BCUT2D eigenvalue weighted by molar-refractivity contribution is 5.76. The highest BCUT2D eigenvalue weighted by atomic mass is 16.6. The number of aryl methyl sites for hydroxylation is 1. The van der Waals surface area contributed by atoms with Crippen LogP contribution in [0.3, 0.4) is 0 Å². The van der Waals surface area contributed by atoms with Gasteiger partial charge in [0.15, 0.2) is 0 Å². The highest BCUT2D eigenvalue weighted by Gasteiger charge is 2.30. The van der Waals surface area contributed by atoms with Crippen LogP contribution in [0.1, 0.15) is 52.7 Å². The third-order valence-electron chi connectivity index (χ3n) is 4.38. The Labute approximate surface area is 149 Å². The van der Waals surface area contributed by atoms with Gasteiger partial charge in [0.2, 0.25) is 5.91 Å². The van der Waals surface area contributed by atoms with E-state index in [9.17, 15) is 9.59 Å². The number of hydrogen-bond donors (Lipinski definition) is 1. The molecule has 2 amide bonds. The molecule has 6 nitrogen and oxygen atoms in total. The fourth-order valence-corrected chi connectivity index (χ4v) is 3.05. The van der Waals surface area contributed by atoms with Crippen molar-refractivity contribution in [1.29, 1.82) is 0 Å². The van der Waals surface area contributed by atoms with Gasteiger partial charge in [-0.1, -0.05) is 0 Å². The van der Waals surface area contributed by atoms with E-state index in [0.717, 1.165) is 18.6 Å². The molecule has 0 aliphatic carbocycles. The number of hydrogen-bond acceptors (Lipinski definition) is 4. The van der Waals surface area contributed by atoms with Crippen molar-refractivity contribution in [2.75, 3.05) is 13.1 Å². The monoisotopic (exact) mass is 350 g/mol. The Balaban J connectivity index is 1.79. The summed E-state index contributed by atoms with van der Waals surface area (Å²) in [5, 5.41) is 3.06. The summed E-state index contributed by atoms with van der Waals surface area (Å²) < 4.78 is 10.7. The first-order chi connectivity index (χ1) is 11.7. The average molecular weight is 350 g/mol. The van der Waals surface area contributed by atoms with Gasteiger partial charge in [0.25, 0.3) is 0 Å². The molecule has 1 aliphatic rings. The molecule has 25 heavy (non-hydrogen) atoms. The number of likely N-dealkylation sites (tertiary alicyclic amines) is 1. The van der Waals surface area contributed by atoms with Crippen LogP contribution >= 0.6 is 0 Å². The fraction of sp³-hybridized carbons (Fsp3) is 0.684. The predicted octanol–water partition coefficient (Wildman–Crippen LogP) is 3.36. The number of rotatable bonds is 5. The van der Waals surface area contributed by atoms with Gasteiger partial charge in [0.05, 0.1) is 6.26 Å². The maximum Gasteiger partial charge on any atom is 0.410 e. The van der Waals surface area contributed by atoms with Crippen LogP contribution in [0.5, 0.6) is 0 Å². The predicted molar refractivity (Wildman–Crippen MR) is 95.2 cm³/mol. The van der Waals surface area contributed by atoms with E-state index in [2.05, 4.69) is 5.32 Å². The molecule has 2 rings (SSSR count). The van der Waals surface area contributed by atoms with Crippen LogP contribution in [-0.4, -0.2) is 41.6 Å². The van der Waals surface area contributed by atoms with E-state index in [1.807, 2.05) is 39.8 Å². The van der Waals surface area contributed by atoms with Crippen LogP contribution in [0.25, 0.3) is 0 Å². The number of nitrogens with zero attached hydrogens (tertiary/aromatic N) is 1. The minimum Gasteiger partial charge on any atom is -0.469 e. The molecule has 1 fully saturated rings. The summed E-state index contributed by atoms with van der Waals surface area (Å²) in [4.78, 5) is 26.1. The SMILES string of the molecule is C[C@@H](NC(=O)CCc1ccco1)[C@@H]1CCCN(C(=O)OC(C)(C)C)C1. The van der Waals surface area contributed by atoms with E-state index >= 15 is 0 Å². The molecular formula is C19H30N2O4. The van der Waals surface area contributed by atoms with Crippen molar-refractivity contribution in [1.82, 2.24) is 10.2 Å². The lowest BCUT2D eigenvalue weighted by atomic mass is 9.91. The number of ether oxygens (including phenoxy) is 1. The lowest BCUT2D eigenvalue weighted by Gasteiger charge is -2.36. The van der Waals surface area contributed by atoms with Crippen molar-refractivity contribution in [3.05, 3.63) is 24.2 Å². The third kappa shape index (κ3) is 6.44. The van der Waals surface area contributed by atoms with Gasteiger partial charge in [-0.3, -0.25) is 4.79 Å². The van der Waals surface area contributed by atoms with Crippen LogP contribution in [0.4, 0.5) is 4.79 Å². The topological polar surface area (TPSA) is 71.8 Å². The summed E-state index contributed by atoms with van der Waals surface area (Å²) >= 11 is 0. The summed E-state index contributed by atoms with van der Waals surface area (Å²) in [5.74, 6) is 1.07. The minimum atomic E-state index is -0.490. The molecule has 1 aromatic heterocycles. The summed E-state index contributed by atoms with van der Waals surface area (Å²) in [6, 6.07) is 3.72. The number of carbonyl (C=O) groups is 2. The van der Waals surface area contributed by atoms with Gasteiger partial charge in [-0.05, 0) is 58.6 Å². The molecule has 0 radical (unpaired) electrons. The van der Waals surface area contributed by atoms with Gasteiger partial charge in [-0.25, -0.2) is 4.79 Å². The molecule has 1 saturated heterocycles. The molecule has 6 heteroatoms. The van der Waals surface area contributed by atoms with E-state index in [4.69, 9.17) is 9.15 Å². The third-order valence-corrected chi connectivity index (χ3v) is 4.38. The van der Waals surface area contributed by atoms with Crippen molar-refractivity contribution < 1.29 is 18.7 Å². The molecule has 0 aromatic carbocycles. The summed E-state index contributed by atoms with van der Waals surface area (Å²) in [6.45, 7) is 8.95. The Kier molecular flexibility index (Phi) is 6.51. The quantitative estimate of drug-likeness (QED) is 0.884. The second-order valence-electron chi connectivity index (χ2n) is 7.76. The Morgan fingerprint density at radius 2 is 2.20 bits per heavy atom. The molecule has 140 valence electrons. The standard InChI is InChI=1S/C19H30N2O4/c1-14(20-17(22)10-9-16-8-6-12-24-16)15-7-5-11-21(13-15)18(23)25-19(2,3)4/h6,8,12,14-15H,5,7,9-11,13H2,1-4H3,(H,20,22)/t14-,15-/m1/s1. The van der Waals surface area contributed by atoms with Gasteiger partial charge >= 0.3 is 6.09 Å². The van der Waals surface area contributed by atoms with Gasteiger partial charge < -0.3 is 19.4 Å². The molecule has 1 aromatic rings. The first-order valence-electron chi connectivity index (χ1n) is 9.04. The van der Waals surface area contributed by atoms with Crippen molar-refractivity contribution in [2.24, 2.45) is 5.92 Å². The molecule has 0 bridgehead atoms. The van der Waals surface area contributed by atoms with Crippen molar-refractivity contribution >= 4 is 12.0 Å². The van der Waals surface area contributed by atoms with Gasteiger partial charge in [0, 0.05) is 32.0 Å². The molecule has 0 unspecified atom stereocenters. The number of furan rings is 1. The maximum absolute atomic E-state index is 12.2. The second-order valence-corrected chi connectivity index (χ2v) is 7.76. The highest BCUT2D eigenvalue weighted by Crippen LogP contribution is 2.22. The smallest absolute Gasteiger partial charge is 0.410 e. The zero-order valence-corrected chi connectivity index (χ0v) is 15.7. The molecule has 1 N–H and O–H groups in total. The Bertz CT molecular complexity index is 562. The van der Waals surface area contributed by atoms with Crippen LogP contribution in [-0.2, 0) is 16.0 Å². The van der Waals surface area contributed by atoms with Crippen LogP contribution in [0.2, 0.25) is 0 Å². The van der Waals surface area contributed by atoms with Gasteiger partial charge in [-0.15, -0.1) is 0 Å². The van der Waals surface area contributed by atoms with Crippen molar-refractivity contribution in [3.8, 4) is 0 Å². The molecule has 0 saturated carbocycles. The lowest BCUT2D eigenvalue weighted by molar-refractivity contribution is -0.122. The van der Waals surface area contributed by atoms with Crippen molar-refractivity contribution in [3.63, 3.8) is 0 Å². The van der Waals surface area contributed by atoms with E-state index in [1.54, 1.807) is 11.2 Å². The maximum atomic E-state index is 12.2. The van der Waals surface area contributed by atoms with Crippen molar-refractivity contribution in [2.45, 2.75) is 65.0 Å². The van der Waals surface area contributed by atoms with Crippen LogP contribution in [0.15, 0.2) is 22.8 Å². The zero-order valence-electron chi connectivity index (χ0n) is 15.7. The van der Waals surface area contributed by atoms with E-state index < -0.39 is 5.60 Å². The van der Waals surface area contributed by atoms with E-state index in [-0.39, 0.29) is 24.0 Å². The van der Waals surface area contributed by atoms with Gasteiger partial charge in [0.1, 0.15) is 11.4 Å². The van der Waals surface area contributed by atoms with Gasteiger partial charge in [-0.2, -0.15) is 0 Å². The average Bonchev–Trinajstić information content (AvgIpc) is 3.05. The lowest BCUT2D eigenvalue weighted by Crippen LogP contribution is -2.49. The zero-order chi connectivity index (χ0) is 18.4. The first kappa shape index (κ1) is 19.3. The molecular weight excluding hydrogens is 320 g/mol. The first-order valence-corrected chi connectivity index (χ1v) is 9.04. The number of nitrogens with one attached hydrogen (secondary N) is 1. The molecule has 0 spiro atoms. The Morgan fingerprint density at radius 3 is 2.84 bits per heavy atom. The fourth-order valence-electron chi connectivity index (χ4n) is 3.05. The molecule has 1 aliphatic heterocycles. The Hall–Kier alpha value is -1.98. The second kappa shape index (κ2) is 8.41. The normalized spacial score (nSPS) is 19.4. The largest absolute Gasteiger partial charge is 0.469 e. The van der Waals surface area contributed by atoms with E-state index in [0.29, 0.717) is 25.9 Å². The number of piperidine rings is 1. The van der Waals surface area contributed by atoms with Crippen LogP contribution in [0, 0.1) is 5.92 Å². The molecule has 2 heterocycles.